The van der Waals surface area contributed by atoms with Crippen LogP contribution in [0.25, 0.3) is 0 Å². The number of nitrogen functional groups attached to an aromatic ring is 1. The van der Waals surface area contributed by atoms with Gasteiger partial charge in [-0.05, 0) is 43.4 Å². The van der Waals surface area contributed by atoms with Gasteiger partial charge < -0.3 is 16.0 Å². The first-order chi connectivity index (χ1) is 11.1. The molecule has 132 valence electrons. The van der Waals surface area contributed by atoms with E-state index in [9.17, 15) is 9.59 Å². The first kappa shape index (κ1) is 18.6. The van der Waals surface area contributed by atoms with Crippen LogP contribution >= 0.6 is 11.6 Å². The van der Waals surface area contributed by atoms with Crippen molar-refractivity contribution in [2.24, 2.45) is 5.41 Å². The van der Waals surface area contributed by atoms with E-state index in [1.807, 2.05) is 32.6 Å². The van der Waals surface area contributed by atoms with Crippen LogP contribution in [0.3, 0.4) is 0 Å². The van der Waals surface area contributed by atoms with Gasteiger partial charge in [-0.2, -0.15) is 0 Å². The number of nitrogens with zero attached hydrogens (tertiary/aromatic N) is 1. The number of hydrogen-bond acceptors (Lipinski definition) is 3. The molecule has 2 atom stereocenters. The third-order valence-electron chi connectivity index (χ3n) is 4.49. The van der Waals surface area contributed by atoms with Crippen LogP contribution in [0, 0.1) is 5.41 Å². The highest BCUT2D eigenvalue weighted by atomic mass is 35.5. The van der Waals surface area contributed by atoms with Crippen molar-refractivity contribution < 1.29 is 9.59 Å². The highest BCUT2D eigenvalue weighted by molar-refractivity contribution is 6.33. The first-order valence-corrected chi connectivity index (χ1v) is 8.65. The van der Waals surface area contributed by atoms with Crippen molar-refractivity contribution in [3.8, 4) is 0 Å². The minimum atomic E-state index is -0.595. The van der Waals surface area contributed by atoms with Crippen LogP contribution in [0.1, 0.15) is 50.9 Å². The van der Waals surface area contributed by atoms with Gasteiger partial charge in [0.1, 0.15) is 6.04 Å². The van der Waals surface area contributed by atoms with Gasteiger partial charge >= 0.3 is 0 Å². The van der Waals surface area contributed by atoms with Gasteiger partial charge in [-0.1, -0.05) is 32.4 Å². The number of amides is 2. The molecular formula is C18H26ClN3O2. The summed E-state index contributed by atoms with van der Waals surface area (Å²) in [4.78, 5) is 27.4. The summed E-state index contributed by atoms with van der Waals surface area (Å²) >= 11 is 5.99. The Morgan fingerprint density at radius 3 is 2.54 bits per heavy atom. The molecule has 3 N–H and O–H groups in total. The summed E-state index contributed by atoms with van der Waals surface area (Å²) in [7, 11) is 0. The first-order valence-electron chi connectivity index (χ1n) is 8.27. The van der Waals surface area contributed by atoms with Crippen LogP contribution in [0.2, 0.25) is 5.02 Å². The predicted octanol–water partition coefficient (Wildman–Crippen LogP) is 3.08. The van der Waals surface area contributed by atoms with E-state index in [0.717, 1.165) is 19.4 Å². The Labute approximate surface area is 148 Å². The molecule has 1 aliphatic heterocycles. The lowest BCUT2D eigenvalue weighted by Crippen LogP contribution is -2.55. The van der Waals surface area contributed by atoms with E-state index in [1.54, 1.807) is 12.1 Å². The number of benzene rings is 1. The molecule has 0 radical (unpaired) electrons. The van der Waals surface area contributed by atoms with Crippen molar-refractivity contribution in [1.82, 2.24) is 10.2 Å². The van der Waals surface area contributed by atoms with Gasteiger partial charge in [-0.3, -0.25) is 9.59 Å². The number of hydrogen-bond donors (Lipinski definition) is 2. The molecule has 1 fully saturated rings. The van der Waals surface area contributed by atoms with E-state index in [4.69, 9.17) is 17.3 Å². The monoisotopic (exact) mass is 351 g/mol. The zero-order valence-electron chi connectivity index (χ0n) is 14.7. The maximum absolute atomic E-state index is 13.0. The molecule has 2 amide bonds. The zero-order valence-corrected chi connectivity index (χ0v) is 15.5. The normalized spacial score (nSPS) is 19.2. The van der Waals surface area contributed by atoms with Gasteiger partial charge in [0.2, 0.25) is 5.91 Å². The van der Waals surface area contributed by atoms with Crippen molar-refractivity contribution in [2.45, 2.75) is 52.6 Å². The van der Waals surface area contributed by atoms with Crippen LogP contribution in [-0.4, -0.2) is 35.3 Å². The van der Waals surface area contributed by atoms with E-state index in [0.29, 0.717) is 16.3 Å². The summed E-state index contributed by atoms with van der Waals surface area (Å²) in [5.41, 5.74) is 6.10. The Morgan fingerprint density at radius 2 is 2.04 bits per heavy atom. The molecule has 1 heterocycles. The molecule has 0 aliphatic carbocycles. The van der Waals surface area contributed by atoms with Crippen LogP contribution in [0.4, 0.5) is 5.69 Å². The average molecular weight is 352 g/mol. The van der Waals surface area contributed by atoms with Crippen molar-refractivity contribution >= 4 is 29.1 Å². The van der Waals surface area contributed by atoms with E-state index >= 15 is 0 Å². The standard InChI is InChI=1S/C18H26ClN3O2/c1-11-6-5-9-22(11)17(24)15(18(2,3)4)21-16(23)12-7-8-14(20)13(19)10-12/h7-8,10-11,15H,5-6,9,20H2,1-4H3,(H,21,23)/t11-,15?/m1/s1. The lowest BCUT2D eigenvalue weighted by Gasteiger charge is -2.35. The van der Waals surface area contributed by atoms with Crippen LogP contribution < -0.4 is 11.1 Å². The zero-order chi connectivity index (χ0) is 18.1. The summed E-state index contributed by atoms with van der Waals surface area (Å²) in [6.45, 7) is 8.65. The van der Waals surface area contributed by atoms with E-state index in [2.05, 4.69) is 5.32 Å². The number of nitrogens with one attached hydrogen (secondary N) is 1. The van der Waals surface area contributed by atoms with Crippen molar-refractivity contribution in [3.05, 3.63) is 28.8 Å². The SMILES string of the molecule is C[C@@H]1CCCN1C(=O)C(NC(=O)c1ccc(N)c(Cl)c1)C(C)(C)C. The fourth-order valence-electron chi connectivity index (χ4n) is 2.96. The summed E-state index contributed by atoms with van der Waals surface area (Å²) in [5.74, 6) is -0.348. The second-order valence-electron chi connectivity index (χ2n) is 7.53. The van der Waals surface area contributed by atoms with Crippen molar-refractivity contribution in [3.63, 3.8) is 0 Å². The lowest BCUT2D eigenvalue weighted by atomic mass is 9.85. The molecule has 5 nitrogen and oxygen atoms in total. The Kier molecular flexibility index (Phi) is 5.43. The summed E-state index contributed by atoms with van der Waals surface area (Å²) in [6.07, 6.45) is 2.01. The van der Waals surface area contributed by atoms with Gasteiger partial charge in [0.05, 0.1) is 10.7 Å². The quantitative estimate of drug-likeness (QED) is 0.822. The Morgan fingerprint density at radius 1 is 1.38 bits per heavy atom. The molecule has 1 aromatic carbocycles. The molecule has 0 aromatic heterocycles. The van der Waals surface area contributed by atoms with E-state index < -0.39 is 11.5 Å². The molecule has 1 unspecified atom stereocenters. The number of likely N-dealkylation sites (tertiary alicyclic amines) is 1. The molecule has 0 saturated carbocycles. The second-order valence-corrected chi connectivity index (χ2v) is 7.94. The highest BCUT2D eigenvalue weighted by Gasteiger charge is 2.38. The Hall–Kier alpha value is -1.75. The summed E-state index contributed by atoms with van der Waals surface area (Å²) in [6, 6.07) is 4.34. The summed E-state index contributed by atoms with van der Waals surface area (Å²) < 4.78 is 0. The van der Waals surface area contributed by atoms with Crippen LogP contribution in [-0.2, 0) is 4.79 Å². The number of carbonyl (C=O) groups is 2. The largest absolute Gasteiger partial charge is 0.398 e. The van der Waals surface area contributed by atoms with Gasteiger partial charge in [0.25, 0.3) is 5.91 Å². The second kappa shape index (κ2) is 7.01. The van der Waals surface area contributed by atoms with Gasteiger partial charge in [0, 0.05) is 18.2 Å². The third kappa shape index (κ3) is 4.01. The molecule has 0 bridgehead atoms. The maximum atomic E-state index is 13.0. The molecule has 24 heavy (non-hydrogen) atoms. The molecule has 1 saturated heterocycles. The molecular weight excluding hydrogens is 326 g/mol. The molecule has 0 spiro atoms. The molecule has 2 rings (SSSR count). The van der Waals surface area contributed by atoms with Crippen molar-refractivity contribution in [2.75, 3.05) is 12.3 Å². The fourth-order valence-corrected chi connectivity index (χ4v) is 3.14. The van der Waals surface area contributed by atoms with Crippen LogP contribution in [0.15, 0.2) is 18.2 Å². The Balaban J connectivity index is 2.21. The third-order valence-corrected chi connectivity index (χ3v) is 4.81. The van der Waals surface area contributed by atoms with Gasteiger partial charge in [0.15, 0.2) is 0 Å². The maximum Gasteiger partial charge on any atom is 0.252 e. The molecule has 6 heteroatoms. The number of carbonyl (C=O) groups excluding carboxylic acids is 2. The minimum Gasteiger partial charge on any atom is -0.398 e. The predicted molar refractivity (Wildman–Crippen MR) is 97.0 cm³/mol. The number of nitrogens with two attached hydrogens (primary N) is 1. The fraction of sp³-hybridized carbons (Fsp3) is 0.556. The molecule has 1 aromatic rings. The van der Waals surface area contributed by atoms with Crippen LogP contribution in [0.5, 0.6) is 0 Å². The minimum absolute atomic E-state index is 0.0256. The topological polar surface area (TPSA) is 75.4 Å². The number of halogens is 1. The van der Waals surface area contributed by atoms with Gasteiger partial charge in [-0.25, -0.2) is 0 Å². The van der Waals surface area contributed by atoms with E-state index in [1.165, 1.54) is 6.07 Å². The smallest absolute Gasteiger partial charge is 0.252 e. The lowest BCUT2D eigenvalue weighted by molar-refractivity contribution is -0.136. The summed E-state index contributed by atoms with van der Waals surface area (Å²) in [5, 5.41) is 3.22. The van der Waals surface area contributed by atoms with E-state index in [-0.39, 0.29) is 17.9 Å². The van der Waals surface area contributed by atoms with Crippen molar-refractivity contribution in [1.29, 1.82) is 0 Å². The highest BCUT2D eigenvalue weighted by Crippen LogP contribution is 2.26. The number of anilines is 1. The Bertz CT molecular complexity index is 640. The van der Waals surface area contributed by atoms with Gasteiger partial charge in [-0.15, -0.1) is 0 Å². The number of rotatable bonds is 3. The average Bonchev–Trinajstić information content (AvgIpc) is 2.91. The molecule has 1 aliphatic rings.